The lowest BCUT2D eigenvalue weighted by Crippen LogP contribution is -2.41. The number of nitrogens with two attached hydrogens (primary N) is 1. The summed E-state index contributed by atoms with van der Waals surface area (Å²) in [5, 5.41) is 0. The second-order valence-corrected chi connectivity index (χ2v) is 5.48. The second kappa shape index (κ2) is 6.70. The van der Waals surface area contributed by atoms with Crippen molar-refractivity contribution in [2.45, 2.75) is 25.7 Å². The predicted octanol–water partition coefficient (Wildman–Crippen LogP) is 2.08. The van der Waals surface area contributed by atoms with Crippen LogP contribution in [-0.2, 0) is 4.79 Å². The van der Waals surface area contributed by atoms with E-state index in [1.165, 1.54) is 0 Å². The molecule has 1 amide bonds. The van der Waals surface area contributed by atoms with Crippen molar-refractivity contribution in [3.63, 3.8) is 0 Å². The summed E-state index contributed by atoms with van der Waals surface area (Å²) in [5.41, 5.74) is 6.56. The molecule has 4 nitrogen and oxygen atoms in total. The molecule has 108 valence electrons. The molecule has 5 heteroatoms. The largest absolute Gasteiger partial charge is 0.493 e. The van der Waals surface area contributed by atoms with E-state index in [-0.39, 0.29) is 11.8 Å². The summed E-state index contributed by atoms with van der Waals surface area (Å²) in [6, 6.07) is 7.73. The Morgan fingerprint density at radius 1 is 1.50 bits per heavy atom. The van der Waals surface area contributed by atoms with Crippen molar-refractivity contribution in [2.75, 3.05) is 19.7 Å². The highest BCUT2D eigenvalue weighted by atomic mass is 32.1. The average Bonchev–Trinajstić information content (AvgIpc) is 2.45. The number of carbonyl (C=O) groups is 1. The van der Waals surface area contributed by atoms with Gasteiger partial charge in [-0.05, 0) is 18.9 Å². The number of hydrogen-bond acceptors (Lipinski definition) is 3. The molecule has 1 atom stereocenters. The van der Waals surface area contributed by atoms with Crippen molar-refractivity contribution in [3.05, 3.63) is 29.8 Å². The molecule has 0 bridgehead atoms. The fourth-order valence-corrected chi connectivity index (χ4v) is 2.70. The van der Waals surface area contributed by atoms with E-state index in [4.69, 9.17) is 22.7 Å². The van der Waals surface area contributed by atoms with Gasteiger partial charge in [0.05, 0.1) is 24.1 Å². The first-order valence-electron chi connectivity index (χ1n) is 6.92. The van der Waals surface area contributed by atoms with Crippen molar-refractivity contribution < 1.29 is 9.53 Å². The Morgan fingerprint density at radius 2 is 2.25 bits per heavy atom. The number of nitrogens with zero attached hydrogens (tertiary/aromatic N) is 1. The molecule has 2 N–H and O–H groups in total. The quantitative estimate of drug-likeness (QED) is 0.844. The van der Waals surface area contributed by atoms with Gasteiger partial charge in [-0.1, -0.05) is 37.3 Å². The van der Waals surface area contributed by atoms with E-state index < -0.39 is 0 Å². The van der Waals surface area contributed by atoms with Gasteiger partial charge in [-0.3, -0.25) is 4.79 Å². The van der Waals surface area contributed by atoms with Crippen molar-refractivity contribution in [1.29, 1.82) is 0 Å². The normalized spacial score (nSPS) is 16.9. The molecule has 1 aromatic carbocycles. The van der Waals surface area contributed by atoms with E-state index in [1.54, 1.807) is 4.90 Å². The van der Waals surface area contributed by atoms with Crippen molar-refractivity contribution in [3.8, 4) is 5.75 Å². The van der Waals surface area contributed by atoms with Crippen LogP contribution in [0.5, 0.6) is 5.75 Å². The lowest BCUT2D eigenvalue weighted by atomic mass is 9.91. The van der Waals surface area contributed by atoms with Crippen molar-refractivity contribution in [1.82, 2.24) is 4.90 Å². The zero-order valence-electron chi connectivity index (χ0n) is 11.7. The molecule has 1 aliphatic heterocycles. The molecule has 0 fully saturated rings. The Balaban J connectivity index is 2.21. The molecule has 1 aromatic rings. The molecule has 0 radical (unpaired) electrons. The van der Waals surface area contributed by atoms with E-state index in [0.29, 0.717) is 31.1 Å². The Hall–Kier alpha value is -1.62. The van der Waals surface area contributed by atoms with Crippen LogP contribution >= 0.6 is 12.2 Å². The summed E-state index contributed by atoms with van der Waals surface area (Å²) < 4.78 is 5.60. The van der Waals surface area contributed by atoms with Gasteiger partial charge >= 0.3 is 0 Å². The van der Waals surface area contributed by atoms with E-state index >= 15 is 0 Å². The van der Waals surface area contributed by atoms with Crippen LogP contribution in [0.4, 0.5) is 0 Å². The van der Waals surface area contributed by atoms with Crippen LogP contribution in [0.1, 0.15) is 31.2 Å². The van der Waals surface area contributed by atoms with Gasteiger partial charge < -0.3 is 15.4 Å². The third-order valence-electron chi connectivity index (χ3n) is 3.41. The zero-order chi connectivity index (χ0) is 14.5. The molecule has 0 aliphatic carbocycles. The number of ether oxygens (including phenoxy) is 1. The summed E-state index contributed by atoms with van der Waals surface area (Å²) in [6.07, 6.45) is 1.59. The summed E-state index contributed by atoms with van der Waals surface area (Å²) >= 11 is 4.94. The standard InChI is InChI=1S/C15H20N2O2S/c1-2-8-17(10-14(16)20)15(18)12-7-9-19-13-6-4-3-5-11(12)13/h3-6,12H,2,7-10H2,1H3,(H2,16,20). The number of rotatable bonds is 5. The zero-order valence-corrected chi connectivity index (χ0v) is 12.5. The summed E-state index contributed by atoms with van der Waals surface area (Å²) in [5.74, 6) is 0.750. The van der Waals surface area contributed by atoms with Gasteiger partial charge in [-0.15, -0.1) is 0 Å². The summed E-state index contributed by atoms with van der Waals surface area (Å²) in [7, 11) is 0. The number of thiocarbonyl (C=S) groups is 1. The number of benzene rings is 1. The Morgan fingerprint density at radius 3 is 2.95 bits per heavy atom. The molecule has 1 aliphatic rings. The van der Waals surface area contributed by atoms with Gasteiger partial charge in [0.15, 0.2) is 0 Å². The molecule has 0 saturated heterocycles. The highest BCUT2D eigenvalue weighted by Crippen LogP contribution is 2.34. The maximum Gasteiger partial charge on any atom is 0.230 e. The fraction of sp³-hybridized carbons (Fsp3) is 0.467. The second-order valence-electron chi connectivity index (χ2n) is 4.95. The number of hydrogen-bond donors (Lipinski definition) is 1. The van der Waals surface area contributed by atoms with E-state index in [1.807, 2.05) is 31.2 Å². The molecule has 0 spiro atoms. The van der Waals surface area contributed by atoms with Gasteiger partial charge in [-0.25, -0.2) is 0 Å². The number of amides is 1. The van der Waals surface area contributed by atoms with Crippen LogP contribution in [0, 0.1) is 0 Å². The molecule has 0 aromatic heterocycles. The minimum absolute atomic E-state index is 0.0930. The van der Waals surface area contributed by atoms with Crippen LogP contribution in [-0.4, -0.2) is 35.5 Å². The minimum Gasteiger partial charge on any atom is -0.493 e. The van der Waals surface area contributed by atoms with Gasteiger partial charge in [0.25, 0.3) is 0 Å². The number of carbonyl (C=O) groups excluding carboxylic acids is 1. The van der Waals surface area contributed by atoms with Gasteiger partial charge in [0.2, 0.25) is 5.91 Å². The van der Waals surface area contributed by atoms with E-state index in [9.17, 15) is 4.79 Å². The SMILES string of the molecule is CCCN(CC(N)=S)C(=O)C1CCOc2ccccc21. The van der Waals surface area contributed by atoms with Gasteiger partial charge in [-0.2, -0.15) is 0 Å². The molecule has 1 heterocycles. The topological polar surface area (TPSA) is 55.6 Å². The fourth-order valence-electron chi connectivity index (χ4n) is 2.54. The monoisotopic (exact) mass is 292 g/mol. The lowest BCUT2D eigenvalue weighted by molar-refractivity contribution is -0.132. The van der Waals surface area contributed by atoms with E-state index in [0.717, 1.165) is 17.7 Å². The van der Waals surface area contributed by atoms with Crippen LogP contribution in [0.2, 0.25) is 0 Å². The Bertz CT molecular complexity index is 504. The van der Waals surface area contributed by atoms with Crippen LogP contribution in [0.15, 0.2) is 24.3 Å². The van der Waals surface area contributed by atoms with Crippen LogP contribution in [0.25, 0.3) is 0 Å². The van der Waals surface area contributed by atoms with Gasteiger partial charge in [0.1, 0.15) is 5.75 Å². The molecule has 20 heavy (non-hydrogen) atoms. The highest BCUT2D eigenvalue weighted by Gasteiger charge is 2.30. The van der Waals surface area contributed by atoms with Crippen LogP contribution < -0.4 is 10.5 Å². The Labute approximate surface area is 124 Å². The molecule has 0 saturated carbocycles. The number of fused-ring (bicyclic) bond motifs is 1. The van der Waals surface area contributed by atoms with Crippen molar-refractivity contribution in [2.24, 2.45) is 5.73 Å². The smallest absolute Gasteiger partial charge is 0.230 e. The summed E-state index contributed by atoms with van der Waals surface area (Å²) in [6.45, 7) is 3.63. The first-order valence-corrected chi connectivity index (χ1v) is 7.33. The maximum absolute atomic E-state index is 12.7. The third-order valence-corrected chi connectivity index (χ3v) is 3.54. The van der Waals surface area contributed by atoms with E-state index in [2.05, 4.69) is 0 Å². The number of para-hydroxylation sites is 1. The summed E-state index contributed by atoms with van der Waals surface area (Å²) in [4.78, 5) is 14.9. The third kappa shape index (κ3) is 3.28. The van der Waals surface area contributed by atoms with Crippen LogP contribution in [0.3, 0.4) is 0 Å². The molecule has 2 rings (SSSR count). The predicted molar refractivity (Wildman–Crippen MR) is 83.0 cm³/mol. The molecular formula is C15H20N2O2S. The highest BCUT2D eigenvalue weighted by molar-refractivity contribution is 7.80. The first kappa shape index (κ1) is 14.8. The molecular weight excluding hydrogens is 272 g/mol. The average molecular weight is 292 g/mol. The lowest BCUT2D eigenvalue weighted by Gasteiger charge is -2.30. The molecule has 1 unspecified atom stereocenters. The van der Waals surface area contributed by atoms with Gasteiger partial charge in [0, 0.05) is 12.1 Å². The minimum atomic E-state index is -0.152. The van der Waals surface area contributed by atoms with Crippen molar-refractivity contribution >= 4 is 23.1 Å². The first-order chi connectivity index (χ1) is 9.63. The Kier molecular flexibility index (Phi) is 4.95. The maximum atomic E-state index is 12.7.